The molecule has 0 atom stereocenters. The van der Waals surface area contributed by atoms with Crippen molar-refractivity contribution in [2.45, 2.75) is 51.9 Å². The van der Waals surface area contributed by atoms with Crippen LogP contribution in [0.1, 0.15) is 51.9 Å². The first-order chi connectivity index (χ1) is 6.95. The Morgan fingerprint density at radius 3 is 2.13 bits per heavy atom. The highest BCUT2D eigenvalue weighted by atomic mass is 31.2. The van der Waals surface area contributed by atoms with Crippen LogP contribution < -0.4 is 0 Å². The Hall–Kier alpha value is -0.180. The van der Waals surface area contributed by atoms with Crippen LogP contribution in [0.25, 0.3) is 0 Å². The highest BCUT2D eigenvalue weighted by Crippen LogP contribution is 2.34. The first kappa shape index (κ1) is 14.8. The first-order valence-corrected chi connectivity index (χ1v) is 7.31. The van der Waals surface area contributed by atoms with Crippen molar-refractivity contribution in [3.63, 3.8) is 0 Å². The summed E-state index contributed by atoms with van der Waals surface area (Å²) in [5.74, 6) is -0.321. The smallest absolute Gasteiger partial charge is 0.324 e. The zero-order valence-electron chi connectivity index (χ0n) is 9.31. The van der Waals surface area contributed by atoms with Gasteiger partial charge in [0.25, 0.3) is 0 Å². The Balaban J connectivity index is 3.36. The quantitative estimate of drug-likeness (QED) is 0.476. The molecule has 4 nitrogen and oxygen atoms in total. The molecule has 90 valence electrons. The van der Waals surface area contributed by atoms with Gasteiger partial charge in [-0.3, -0.25) is 9.36 Å². The molecule has 0 aromatic carbocycles. The summed E-state index contributed by atoms with van der Waals surface area (Å²) in [7, 11) is -4.14. The van der Waals surface area contributed by atoms with Crippen molar-refractivity contribution in [3.8, 4) is 0 Å². The molecule has 0 unspecified atom stereocenters. The zero-order valence-corrected chi connectivity index (χ0v) is 10.2. The van der Waals surface area contributed by atoms with Crippen molar-refractivity contribution in [3.05, 3.63) is 0 Å². The maximum Gasteiger partial charge on any atom is 0.332 e. The molecule has 0 aromatic rings. The van der Waals surface area contributed by atoms with Crippen molar-refractivity contribution in [1.29, 1.82) is 0 Å². The standard InChI is InChI=1S/C10H21O4P/c1-2-3-4-5-6-7-8-10(11)9-15(12,13)14/h2-9H2,1H3,(H2,12,13,14). The number of ketones is 1. The molecule has 5 heteroatoms. The predicted molar refractivity (Wildman–Crippen MR) is 59.9 cm³/mol. The van der Waals surface area contributed by atoms with Gasteiger partial charge in [0.2, 0.25) is 0 Å². The fourth-order valence-corrected chi connectivity index (χ4v) is 2.03. The van der Waals surface area contributed by atoms with Crippen molar-refractivity contribution in [2.24, 2.45) is 0 Å². The summed E-state index contributed by atoms with van der Waals surface area (Å²) in [4.78, 5) is 28.2. The maximum atomic E-state index is 11.1. The lowest BCUT2D eigenvalue weighted by Crippen LogP contribution is -2.04. The third kappa shape index (κ3) is 11.7. The molecule has 15 heavy (non-hydrogen) atoms. The Bertz CT molecular complexity index is 221. The summed E-state index contributed by atoms with van der Waals surface area (Å²) >= 11 is 0. The normalized spacial score (nSPS) is 11.7. The third-order valence-corrected chi connectivity index (χ3v) is 2.96. The maximum absolute atomic E-state index is 11.1. The van der Waals surface area contributed by atoms with Crippen LogP contribution in [-0.4, -0.2) is 21.7 Å². The highest BCUT2D eigenvalue weighted by Gasteiger charge is 2.17. The van der Waals surface area contributed by atoms with Crippen molar-refractivity contribution in [1.82, 2.24) is 0 Å². The van der Waals surface area contributed by atoms with Gasteiger partial charge in [0, 0.05) is 6.42 Å². The molecular formula is C10H21O4P. The van der Waals surface area contributed by atoms with Gasteiger partial charge in [0.15, 0.2) is 0 Å². The van der Waals surface area contributed by atoms with E-state index < -0.39 is 13.8 Å². The van der Waals surface area contributed by atoms with E-state index in [1.54, 1.807) is 0 Å². The average molecular weight is 236 g/mol. The third-order valence-electron chi connectivity index (χ3n) is 2.19. The van der Waals surface area contributed by atoms with E-state index in [4.69, 9.17) is 9.79 Å². The van der Waals surface area contributed by atoms with Gasteiger partial charge in [-0.25, -0.2) is 0 Å². The monoisotopic (exact) mass is 236 g/mol. The van der Waals surface area contributed by atoms with Gasteiger partial charge >= 0.3 is 7.60 Å². The van der Waals surface area contributed by atoms with Gasteiger partial charge in [-0.1, -0.05) is 39.0 Å². The van der Waals surface area contributed by atoms with E-state index >= 15 is 0 Å². The van der Waals surface area contributed by atoms with Gasteiger partial charge in [-0.05, 0) is 6.42 Å². The minimum absolute atomic E-state index is 0.303. The lowest BCUT2D eigenvalue weighted by Gasteiger charge is -2.03. The molecule has 0 aliphatic heterocycles. The number of hydrogen-bond donors (Lipinski definition) is 2. The predicted octanol–water partition coefficient (Wildman–Crippen LogP) is 2.48. The van der Waals surface area contributed by atoms with E-state index in [0.29, 0.717) is 6.42 Å². The summed E-state index contributed by atoms with van der Waals surface area (Å²) in [6.45, 7) is 2.14. The Morgan fingerprint density at radius 2 is 1.60 bits per heavy atom. The van der Waals surface area contributed by atoms with Gasteiger partial charge in [0.1, 0.15) is 11.9 Å². The van der Waals surface area contributed by atoms with E-state index in [1.165, 1.54) is 19.3 Å². The lowest BCUT2D eigenvalue weighted by molar-refractivity contribution is -0.117. The Kier molecular flexibility index (Phi) is 7.93. The Morgan fingerprint density at radius 1 is 1.07 bits per heavy atom. The topological polar surface area (TPSA) is 74.6 Å². The van der Waals surface area contributed by atoms with Crippen LogP contribution in [0, 0.1) is 0 Å². The molecule has 0 aliphatic rings. The van der Waals surface area contributed by atoms with Gasteiger partial charge in [-0.15, -0.1) is 0 Å². The Labute approximate surface area is 91.2 Å². The number of rotatable bonds is 9. The summed E-state index contributed by atoms with van der Waals surface area (Å²) in [5, 5.41) is 0. The second kappa shape index (κ2) is 8.03. The molecule has 0 aromatic heterocycles. The fourth-order valence-electron chi connectivity index (χ4n) is 1.41. The first-order valence-electron chi connectivity index (χ1n) is 5.52. The molecule has 0 fully saturated rings. The number of carbonyl (C=O) groups is 1. The number of unbranched alkanes of at least 4 members (excludes halogenated alkanes) is 5. The average Bonchev–Trinajstić information content (AvgIpc) is 2.08. The van der Waals surface area contributed by atoms with Crippen molar-refractivity contribution >= 4 is 13.4 Å². The zero-order chi connectivity index (χ0) is 11.7. The highest BCUT2D eigenvalue weighted by molar-refractivity contribution is 7.52. The number of Topliss-reactive ketones (excluding diaryl/α,β-unsaturated/α-hetero) is 1. The molecule has 0 rings (SSSR count). The molecular weight excluding hydrogens is 215 g/mol. The molecule has 2 N–H and O–H groups in total. The minimum atomic E-state index is -4.14. The van der Waals surface area contributed by atoms with Gasteiger partial charge in [0.05, 0.1) is 0 Å². The van der Waals surface area contributed by atoms with E-state index in [9.17, 15) is 9.36 Å². The molecule has 0 aliphatic carbocycles. The van der Waals surface area contributed by atoms with E-state index in [-0.39, 0.29) is 5.78 Å². The van der Waals surface area contributed by atoms with Gasteiger partial charge < -0.3 is 9.79 Å². The lowest BCUT2D eigenvalue weighted by atomic mass is 10.1. The second-order valence-corrected chi connectivity index (χ2v) is 5.52. The number of carbonyl (C=O) groups excluding carboxylic acids is 1. The van der Waals surface area contributed by atoms with Crippen molar-refractivity contribution in [2.75, 3.05) is 6.16 Å². The SMILES string of the molecule is CCCCCCCCC(=O)CP(=O)(O)O. The van der Waals surface area contributed by atoms with Crippen LogP contribution in [0.15, 0.2) is 0 Å². The largest absolute Gasteiger partial charge is 0.332 e. The number of hydrogen-bond acceptors (Lipinski definition) is 2. The molecule has 0 saturated carbocycles. The summed E-state index contributed by atoms with van der Waals surface area (Å²) in [6, 6.07) is 0. The summed E-state index contributed by atoms with van der Waals surface area (Å²) < 4.78 is 10.5. The van der Waals surface area contributed by atoms with Crippen LogP contribution >= 0.6 is 7.60 Å². The van der Waals surface area contributed by atoms with Crippen LogP contribution in [-0.2, 0) is 9.36 Å². The molecule has 0 spiro atoms. The van der Waals surface area contributed by atoms with Gasteiger partial charge in [-0.2, -0.15) is 0 Å². The van der Waals surface area contributed by atoms with Crippen LogP contribution in [0.3, 0.4) is 0 Å². The fraction of sp³-hybridized carbons (Fsp3) is 0.900. The van der Waals surface area contributed by atoms with E-state index in [2.05, 4.69) is 6.92 Å². The van der Waals surface area contributed by atoms with Crippen LogP contribution in [0.4, 0.5) is 0 Å². The summed E-state index contributed by atoms with van der Waals surface area (Å²) in [6.07, 6.45) is 6.14. The van der Waals surface area contributed by atoms with Crippen molar-refractivity contribution < 1.29 is 19.1 Å². The summed E-state index contributed by atoms with van der Waals surface area (Å²) in [5.41, 5.74) is 0. The van der Waals surface area contributed by atoms with E-state index in [0.717, 1.165) is 19.3 Å². The molecule has 0 radical (unpaired) electrons. The molecule has 0 bridgehead atoms. The van der Waals surface area contributed by atoms with Crippen LogP contribution in [0.2, 0.25) is 0 Å². The molecule has 0 amide bonds. The minimum Gasteiger partial charge on any atom is -0.324 e. The van der Waals surface area contributed by atoms with Crippen LogP contribution in [0.5, 0.6) is 0 Å². The second-order valence-electron chi connectivity index (χ2n) is 3.88. The molecule has 0 heterocycles. The molecule has 0 saturated heterocycles. The van der Waals surface area contributed by atoms with E-state index in [1.807, 2.05) is 0 Å².